The Bertz CT molecular complexity index is 275. The van der Waals surface area contributed by atoms with Crippen molar-refractivity contribution < 1.29 is 19.4 Å². The summed E-state index contributed by atoms with van der Waals surface area (Å²) in [6.45, 7) is 5.62. The number of esters is 1. The van der Waals surface area contributed by atoms with E-state index >= 15 is 0 Å². The molecule has 1 aliphatic carbocycles. The molecule has 2 atom stereocenters. The van der Waals surface area contributed by atoms with Gasteiger partial charge < -0.3 is 14.6 Å². The number of carbonyl (C=O) groups excluding carboxylic acids is 1. The minimum Gasteiger partial charge on any atom is -0.465 e. The summed E-state index contributed by atoms with van der Waals surface area (Å²) < 4.78 is 10.4. The van der Waals surface area contributed by atoms with Crippen molar-refractivity contribution in [1.82, 2.24) is 0 Å². The SMILES string of the molecule is CCOC(=O)C(C)(C)C1(O)CCCC(OC)C1. The monoisotopic (exact) mass is 244 g/mol. The first-order chi connectivity index (χ1) is 7.87. The van der Waals surface area contributed by atoms with Gasteiger partial charge >= 0.3 is 5.97 Å². The van der Waals surface area contributed by atoms with Crippen LogP contribution in [-0.2, 0) is 14.3 Å². The molecule has 17 heavy (non-hydrogen) atoms. The van der Waals surface area contributed by atoms with Crippen molar-refractivity contribution in [3.63, 3.8) is 0 Å². The number of hydrogen-bond donors (Lipinski definition) is 1. The lowest BCUT2D eigenvalue weighted by atomic mass is 9.66. The average Bonchev–Trinajstić information content (AvgIpc) is 2.29. The summed E-state index contributed by atoms with van der Waals surface area (Å²) in [5, 5.41) is 10.7. The summed E-state index contributed by atoms with van der Waals surface area (Å²) >= 11 is 0. The van der Waals surface area contributed by atoms with E-state index in [1.54, 1.807) is 27.9 Å². The van der Waals surface area contributed by atoms with Gasteiger partial charge in [-0.3, -0.25) is 4.79 Å². The molecule has 0 amide bonds. The molecule has 0 aliphatic heterocycles. The lowest BCUT2D eigenvalue weighted by molar-refractivity contribution is -0.181. The van der Waals surface area contributed by atoms with Gasteiger partial charge in [-0.15, -0.1) is 0 Å². The lowest BCUT2D eigenvalue weighted by Gasteiger charge is -2.45. The highest BCUT2D eigenvalue weighted by Crippen LogP contribution is 2.43. The maximum atomic E-state index is 11.9. The number of hydrogen-bond acceptors (Lipinski definition) is 4. The van der Waals surface area contributed by atoms with Crippen LogP contribution in [0.25, 0.3) is 0 Å². The third-order valence-electron chi connectivity index (χ3n) is 3.96. The Hall–Kier alpha value is -0.610. The maximum absolute atomic E-state index is 11.9. The molecule has 0 heterocycles. The van der Waals surface area contributed by atoms with E-state index in [9.17, 15) is 9.90 Å². The van der Waals surface area contributed by atoms with Crippen LogP contribution in [0.1, 0.15) is 46.5 Å². The van der Waals surface area contributed by atoms with Gasteiger partial charge in [-0.1, -0.05) is 0 Å². The first kappa shape index (κ1) is 14.5. The van der Waals surface area contributed by atoms with Gasteiger partial charge in [0.05, 0.1) is 23.7 Å². The Balaban J connectivity index is 2.83. The molecule has 0 aromatic heterocycles. The standard InChI is InChI=1S/C13H24O4/c1-5-17-11(14)12(2,3)13(15)8-6-7-10(9-13)16-4/h10,15H,5-9H2,1-4H3. The van der Waals surface area contributed by atoms with E-state index in [2.05, 4.69) is 0 Å². The molecule has 0 aromatic carbocycles. The number of aliphatic hydroxyl groups is 1. The highest BCUT2D eigenvalue weighted by Gasteiger charge is 2.51. The predicted octanol–water partition coefficient (Wildman–Crippen LogP) is 1.90. The van der Waals surface area contributed by atoms with Crippen molar-refractivity contribution in [1.29, 1.82) is 0 Å². The van der Waals surface area contributed by atoms with Gasteiger partial charge in [0.1, 0.15) is 0 Å². The molecule has 1 aliphatic rings. The van der Waals surface area contributed by atoms with E-state index in [0.717, 1.165) is 12.8 Å². The smallest absolute Gasteiger partial charge is 0.314 e. The van der Waals surface area contributed by atoms with E-state index in [-0.39, 0.29) is 12.1 Å². The van der Waals surface area contributed by atoms with E-state index in [0.29, 0.717) is 19.4 Å². The molecule has 100 valence electrons. The van der Waals surface area contributed by atoms with Crippen molar-refractivity contribution in [3.8, 4) is 0 Å². The fourth-order valence-electron chi connectivity index (χ4n) is 2.47. The van der Waals surface area contributed by atoms with Crippen LogP contribution in [0.4, 0.5) is 0 Å². The van der Waals surface area contributed by atoms with Crippen molar-refractivity contribution in [2.75, 3.05) is 13.7 Å². The molecule has 2 unspecified atom stereocenters. The van der Waals surface area contributed by atoms with Gasteiger partial charge in [-0.25, -0.2) is 0 Å². The zero-order valence-corrected chi connectivity index (χ0v) is 11.3. The predicted molar refractivity (Wildman–Crippen MR) is 64.6 cm³/mol. The number of carbonyl (C=O) groups is 1. The summed E-state index contributed by atoms with van der Waals surface area (Å²) in [7, 11) is 1.65. The molecule has 1 N–H and O–H groups in total. The Kier molecular flexibility index (Phi) is 4.55. The molecule has 4 heteroatoms. The molecule has 0 radical (unpaired) electrons. The van der Waals surface area contributed by atoms with Gasteiger partial charge in [0.25, 0.3) is 0 Å². The average molecular weight is 244 g/mol. The van der Waals surface area contributed by atoms with E-state index in [4.69, 9.17) is 9.47 Å². The van der Waals surface area contributed by atoms with E-state index in [1.165, 1.54) is 0 Å². The summed E-state index contributed by atoms with van der Waals surface area (Å²) in [6.07, 6.45) is 2.96. The molecule has 0 bridgehead atoms. The van der Waals surface area contributed by atoms with Crippen LogP contribution in [0.2, 0.25) is 0 Å². The Morgan fingerprint density at radius 2 is 2.18 bits per heavy atom. The molecular weight excluding hydrogens is 220 g/mol. The first-order valence-electron chi connectivity index (χ1n) is 6.30. The number of rotatable bonds is 4. The maximum Gasteiger partial charge on any atom is 0.314 e. The summed E-state index contributed by atoms with van der Waals surface area (Å²) in [4.78, 5) is 11.9. The minimum atomic E-state index is -1.03. The third-order valence-corrected chi connectivity index (χ3v) is 3.96. The van der Waals surface area contributed by atoms with Crippen molar-refractivity contribution >= 4 is 5.97 Å². The fourth-order valence-corrected chi connectivity index (χ4v) is 2.47. The molecule has 1 fully saturated rings. The highest BCUT2D eigenvalue weighted by atomic mass is 16.5. The second-order valence-corrected chi connectivity index (χ2v) is 5.33. The van der Waals surface area contributed by atoms with Crippen LogP contribution in [0.5, 0.6) is 0 Å². The number of methoxy groups -OCH3 is 1. The molecule has 0 spiro atoms. The van der Waals surface area contributed by atoms with Gasteiger partial charge in [0, 0.05) is 13.5 Å². The second kappa shape index (κ2) is 5.36. The summed E-state index contributed by atoms with van der Waals surface area (Å²) in [5.41, 5.74) is -1.92. The molecule has 0 aromatic rings. The zero-order chi connectivity index (χ0) is 13.1. The summed E-state index contributed by atoms with van der Waals surface area (Å²) in [6, 6.07) is 0. The van der Waals surface area contributed by atoms with Crippen LogP contribution >= 0.6 is 0 Å². The normalized spacial score (nSPS) is 30.1. The van der Waals surface area contributed by atoms with Gasteiger partial charge in [0.15, 0.2) is 0 Å². The quantitative estimate of drug-likeness (QED) is 0.767. The van der Waals surface area contributed by atoms with E-state index < -0.39 is 11.0 Å². The van der Waals surface area contributed by atoms with Crippen molar-refractivity contribution in [2.45, 2.75) is 58.2 Å². The van der Waals surface area contributed by atoms with Crippen LogP contribution in [0, 0.1) is 5.41 Å². The Labute approximate surface area is 103 Å². The van der Waals surface area contributed by atoms with Gasteiger partial charge in [-0.2, -0.15) is 0 Å². The van der Waals surface area contributed by atoms with Gasteiger partial charge in [0.2, 0.25) is 0 Å². The van der Waals surface area contributed by atoms with Gasteiger partial charge in [-0.05, 0) is 40.0 Å². The zero-order valence-electron chi connectivity index (χ0n) is 11.3. The molecule has 4 nitrogen and oxygen atoms in total. The largest absolute Gasteiger partial charge is 0.465 e. The molecule has 0 saturated heterocycles. The highest BCUT2D eigenvalue weighted by molar-refractivity contribution is 5.77. The van der Waals surface area contributed by atoms with Crippen LogP contribution in [-0.4, -0.2) is 36.5 Å². The Morgan fingerprint density at radius 1 is 1.53 bits per heavy atom. The second-order valence-electron chi connectivity index (χ2n) is 5.33. The van der Waals surface area contributed by atoms with Crippen LogP contribution < -0.4 is 0 Å². The minimum absolute atomic E-state index is 0.0300. The molecular formula is C13H24O4. The van der Waals surface area contributed by atoms with Crippen molar-refractivity contribution in [2.24, 2.45) is 5.41 Å². The fraction of sp³-hybridized carbons (Fsp3) is 0.923. The van der Waals surface area contributed by atoms with Crippen molar-refractivity contribution in [3.05, 3.63) is 0 Å². The molecule has 1 saturated carbocycles. The Morgan fingerprint density at radius 3 is 2.71 bits per heavy atom. The van der Waals surface area contributed by atoms with Crippen LogP contribution in [0.15, 0.2) is 0 Å². The molecule has 1 rings (SSSR count). The topological polar surface area (TPSA) is 55.8 Å². The summed E-state index contributed by atoms with van der Waals surface area (Å²) in [5.74, 6) is -0.334. The number of ether oxygens (including phenoxy) is 2. The third kappa shape index (κ3) is 2.80. The first-order valence-corrected chi connectivity index (χ1v) is 6.30. The lowest BCUT2D eigenvalue weighted by Crippen LogP contribution is -2.54. The van der Waals surface area contributed by atoms with E-state index in [1.807, 2.05) is 0 Å². The van der Waals surface area contributed by atoms with Crippen LogP contribution in [0.3, 0.4) is 0 Å².